The van der Waals surface area contributed by atoms with E-state index in [0.717, 1.165) is 0 Å². The average Bonchev–Trinajstić information content (AvgIpc) is 2.46. The minimum Gasteiger partial charge on any atom is -0.394 e. The average molecular weight is 279 g/mol. The number of nitrogens with one attached hydrogen (secondary N) is 1. The predicted molar refractivity (Wildman–Crippen MR) is 72.7 cm³/mol. The Labute approximate surface area is 115 Å². The number of nitrogens with two attached hydrogens (primary N) is 2. The molecule has 108 valence electrons. The standard InChI is InChI=1S/C12H17N5O3/c13-3-1-2-8-6-17(12(19)16-11(8)14)10-5-15-4-9(7-18)20-10/h6,9-10,15,18H,3-5,7,13H2,(H2,14,16,19). The van der Waals surface area contributed by atoms with E-state index in [9.17, 15) is 4.79 Å². The Hall–Kier alpha value is -1.92. The van der Waals surface area contributed by atoms with Gasteiger partial charge < -0.3 is 26.6 Å². The van der Waals surface area contributed by atoms with Crippen molar-refractivity contribution < 1.29 is 9.84 Å². The van der Waals surface area contributed by atoms with E-state index in [1.165, 1.54) is 10.8 Å². The maximum atomic E-state index is 11.9. The van der Waals surface area contributed by atoms with Gasteiger partial charge in [-0.2, -0.15) is 4.98 Å². The maximum absolute atomic E-state index is 11.9. The zero-order valence-corrected chi connectivity index (χ0v) is 10.9. The SMILES string of the molecule is NCC#Cc1cn(C2CNCC(CO)O2)c(=O)nc1N. The van der Waals surface area contributed by atoms with Crippen LogP contribution in [0.4, 0.5) is 5.82 Å². The van der Waals surface area contributed by atoms with E-state index < -0.39 is 11.9 Å². The highest BCUT2D eigenvalue weighted by molar-refractivity contribution is 5.49. The topological polar surface area (TPSA) is 128 Å². The van der Waals surface area contributed by atoms with Gasteiger partial charge in [0.05, 0.1) is 24.8 Å². The molecule has 8 heteroatoms. The molecule has 2 rings (SSSR count). The zero-order valence-electron chi connectivity index (χ0n) is 10.9. The van der Waals surface area contributed by atoms with E-state index in [4.69, 9.17) is 21.3 Å². The first kappa shape index (κ1) is 14.5. The quantitative estimate of drug-likeness (QED) is 0.445. The number of hydrogen-bond acceptors (Lipinski definition) is 7. The van der Waals surface area contributed by atoms with Crippen LogP contribution < -0.4 is 22.5 Å². The molecule has 2 unspecified atom stereocenters. The smallest absolute Gasteiger partial charge is 0.351 e. The molecule has 1 saturated heterocycles. The summed E-state index contributed by atoms with van der Waals surface area (Å²) >= 11 is 0. The molecule has 1 aromatic rings. The van der Waals surface area contributed by atoms with Crippen molar-refractivity contribution >= 4 is 5.82 Å². The summed E-state index contributed by atoms with van der Waals surface area (Å²) in [6.07, 6.45) is 0.580. The Balaban J connectivity index is 2.33. The van der Waals surface area contributed by atoms with Crippen LogP contribution in [0.2, 0.25) is 0 Å². The normalized spacial score (nSPS) is 22.1. The van der Waals surface area contributed by atoms with Crippen molar-refractivity contribution in [2.45, 2.75) is 12.3 Å². The van der Waals surface area contributed by atoms with Gasteiger partial charge in [0.1, 0.15) is 5.82 Å². The van der Waals surface area contributed by atoms with Gasteiger partial charge in [0, 0.05) is 19.3 Å². The van der Waals surface area contributed by atoms with Gasteiger partial charge >= 0.3 is 5.69 Å². The Morgan fingerprint density at radius 3 is 3.10 bits per heavy atom. The number of aliphatic hydroxyl groups excluding tert-OH is 1. The number of morpholine rings is 1. The van der Waals surface area contributed by atoms with Crippen molar-refractivity contribution in [3.63, 3.8) is 0 Å². The molecular weight excluding hydrogens is 262 g/mol. The van der Waals surface area contributed by atoms with E-state index in [0.29, 0.717) is 18.7 Å². The second-order valence-electron chi connectivity index (χ2n) is 4.29. The van der Waals surface area contributed by atoms with Crippen molar-refractivity contribution in [3.8, 4) is 11.8 Å². The van der Waals surface area contributed by atoms with Gasteiger partial charge in [0.25, 0.3) is 0 Å². The van der Waals surface area contributed by atoms with Crippen LogP contribution in [0.5, 0.6) is 0 Å². The van der Waals surface area contributed by atoms with E-state index in [1.54, 1.807) is 0 Å². The highest BCUT2D eigenvalue weighted by atomic mass is 16.5. The number of aliphatic hydroxyl groups is 1. The molecule has 0 saturated carbocycles. The molecule has 1 aliphatic heterocycles. The number of aromatic nitrogens is 2. The van der Waals surface area contributed by atoms with Gasteiger partial charge in [-0.3, -0.25) is 4.57 Å². The highest BCUT2D eigenvalue weighted by Gasteiger charge is 2.24. The lowest BCUT2D eigenvalue weighted by Crippen LogP contribution is -2.46. The van der Waals surface area contributed by atoms with Crippen LogP contribution >= 0.6 is 0 Å². The van der Waals surface area contributed by atoms with Gasteiger partial charge in [-0.25, -0.2) is 4.79 Å². The van der Waals surface area contributed by atoms with Crippen molar-refractivity contribution in [2.24, 2.45) is 5.73 Å². The summed E-state index contributed by atoms with van der Waals surface area (Å²) in [5, 5.41) is 12.2. The first-order valence-corrected chi connectivity index (χ1v) is 6.20. The van der Waals surface area contributed by atoms with Crippen LogP contribution in [0.25, 0.3) is 0 Å². The third-order valence-electron chi connectivity index (χ3n) is 2.86. The molecule has 6 N–H and O–H groups in total. The van der Waals surface area contributed by atoms with E-state index in [-0.39, 0.29) is 25.1 Å². The molecular formula is C12H17N5O3. The van der Waals surface area contributed by atoms with Crippen molar-refractivity contribution in [3.05, 3.63) is 22.2 Å². The Bertz CT molecular complexity index is 589. The lowest BCUT2D eigenvalue weighted by atomic mass is 10.3. The fourth-order valence-corrected chi connectivity index (χ4v) is 1.89. The summed E-state index contributed by atoms with van der Waals surface area (Å²) in [6.45, 7) is 1.03. The van der Waals surface area contributed by atoms with Gasteiger partial charge in [-0.05, 0) is 0 Å². The van der Waals surface area contributed by atoms with E-state index >= 15 is 0 Å². The van der Waals surface area contributed by atoms with Crippen LogP contribution in [-0.2, 0) is 4.74 Å². The minimum absolute atomic E-state index is 0.0645. The number of nitrogens with zero attached hydrogens (tertiary/aromatic N) is 2. The first-order valence-electron chi connectivity index (χ1n) is 6.20. The van der Waals surface area contributed by atoms with Gasteiger partial charge in [-0.1, -0.05) is 11.8 Å². The summed E-state index contributed by atoms with van der Waals surface area (Å²) in [5.74, 6) is 5.48. The fraction of sp³-hybridized carbons (Fsp3) is 0.500. The van der Waals surface area contributed by atoms with Crippen LogP contribution in [0.1, 0.15) is 11.8 Å². The Kier molecular flexibility index (Phi) is 4.70. The largest absolute Gasteiger partial charge is 0.394 e. The predicted octanol–water partition coefficient (Wildman–Crippen LogP) is -2.38. The molecule has 1 aliphatic rings. The van der Waals surface area contributed by atoms with Crippen LogP contribution in [0.3, 0.4) is 0 Å². The molecule has 1 fully saturated rings. The molecule has 0 bridgehead atoms. The lowest BCUT2D eigenvalue weighted by molar-refractivity contribution is -0.0967. The lowest BCUT2D eigenvalue weighted by Gasteiger charge is -2.30. The van der Waals surface area contributed by atoms with Crippen molar-refractivity contribution in [1.82, 2.24) is 14.9 Å². The second kappa shape index (κ2) is 6.49. The summed E-state index contributed by atoms with van der Waals surface area (Å²) in [7, 11) is 0. The van der Waals surface area contributed by atoms with E-state index in [2.05, 4.69) is 22.1 Å². The van der Waals surface area contributed by atoms with Gasteiger partial charge in [0.2, 0.25) is 0 Å². The number of anilines is 1. The summed E-state index contributed by atoms with van der Waals surface area (Å²) < 4.78 is 6.91. The molecule has 0 amide bonds. The summed E-state index contributed by atoms with van der Waals surface area (Å²) in [6, 6.07) is 0. The molecule has 0 aliphatic carbocycles. The third-order valence-corrected chi connectivity index (χ3v) is 2.86. The first-order chi connectivity index (χ1) is 9.65. The van der Waals surface area contributed by atoms with E-state index in [1.807, 2.05) is 0 Å². The molecule has 20 heavy (non-hydrogen) atoms. The maximum Gasteiger partial charge on any atom is 0.351 e. The van der Waals surface area contributed by atoms with Gasteiger partial charge in [-0.15, -0.1) is 0 Å². The molecule has 0 aromatic carbocycles. The van der Waals surface area contributed by atoms with Crippen molar-refractivity contribution in [2.75, 3.05) is 32.0 Å². The fourth-order valence-electron chi connectivity index (χ4n) is 1.89. The van der Waals surface area contributed by atoms with Gasteiger partial charge in [0.15, 0.2) is 6.23 Å². The molecule has 0 spiro atoms. The second-order valence-corrected chi connectivity index (χ2v) is 4.29. The Morgan fingerprint density at radius 1 is 1.60 bits per heavy atom. The van der Waals surface area contributed by atoms with Crippen LogP contribution in [0.15, 0.2) is 11.0 Å². The number of ether oxygens (including phenoxy) is 1. The monoisotopic (exact) mass is 279 g/mol. The van der Waals surface area contributed by atoms with Crippen LogP contribution in [-0.4, -0.2) is 47.0 Å². The molecule has 1 aromatic heterocycles. The molecule has 2 heterocycles. The third kappa shape index (κ3) is 3.15. The molecule has 8 nitrogen and oxygen atoms in total. The van der Waals surface area contributed by atoms with Crippen LogP contribution in [0, 0.1) is 11.8 Å². The van der Waals surface area contributed by atoms with Crippen molar-refractivity contribution in [1.29, 1.82) is 0 Å². The highest BCUT2D eigenvalue weighted by Crippen LogP contribution is 2.14. The molecule has 0 radical (unpaired) electrons. The molecule has 2 atom stereocenters. The minimum atomic E-state index is -0.556. The zero-order chi connectivity index (χ0) is 14.5. The summed E-state index contributed by atoms with van der Waals surface area (Å²) in [5.41, 5.74) is 10.9. The number of nitrogen functional groups attached to an aromatic ring is 1. The Morgan fingerprint density at radius 2 is 2.40 bits per heavy atom. The number of rotatable bonds is 2. The summed E-state index contributed by atoms with van der Waals surface area (Å²) in [4.78, 5) is 15.6. The number of hydrogen-bond donors (Lipinski definition) is 4.